The third kappa shape index (κ3) is 4.36. The molecule has 32 heavy (non-hydrogen) atoms. The van der Waals surface area contributed by atoms with Crippen molar-refractivity contribution in [2.75, 3.05) is 26.1 Å². The number of amides is 4. The molecule has 1 aliphatic heterocycles. The number of halogens is 1. The maximum absolute atomic E-state index is 13.1. The van der Waals surface area contributed by atoms with E-state index in [1.165, 1.54) is 26.4 Å². The SMILES string of the molecule is COc1cc(OC)c(NC(=O)CN2C(=O)NC(C)(c3ccc(C(C)C)cc3)C2=O)cc1Cl. The van der Waals surface area contributed by atoms with E-state index in [-0.39, 0.29) is 5.02 Å². The van der Waals surface area contributed by atoms with Gasteiger partial charge in [0.25, 0.3) is 5.91 Å². The molecule has 2 aromatic rings. The lowest BCUT2D eigenvalue weighted by molar-refractivity contribution is -0.133. The summed E-state index contributed by atoms with van der Waals surface area (Å²) in [5, 5.41) is 5.61. The van der Waals surface area contributed by atoms with Gasteiger partial charge in [-0.1, -0.05) is 49.7 Å². The second kappa shape index (κ2) is 9.08. The van der Waals surface area contributed by atoms with Gasteiger partial charge in [-0.3, -0.25) is 14.5 Å². The van der Waals surface area contributed by atoms with Crippen LogP contribution in [0.25, 0.3) is 0 Å². The van der Waals surface area contributed by atoms with E-state index in [4.69, 9.17) is 21.1 Å². The zero-order valence-corrected chi connectivity index (χ0v) is 19.4. The first-order valence-electron chi connectivity index (χ1n) is 10.1. The van der Waals surface area contributed by atoms with Crippen molar-refractivity contribution in [2.24, 2.45) is 0 Å². The molecule has 0 aliphatic carbocycles. The first-order chi connectivity index (χ1) is 15.1. The Morgan fingerprint density at radius 3 is 2.31 bits per heavy atom. The lowest BCUT2D eigenvalue weighted by Crippen LogP contribution is -2.42. The molecule has 4 amide bonds. The summed E-state index contributed by atoms with van der Waals surface area (Å²) in [5.74, 6) is -0.0294. The van der Waals surface area contributed by atoms with E-state index in [2.05, 4.69) is 24.5 Å². The highest BCUT2D eigenvalue weighted by Gasteiger charge is 2.49. The molecule has 3 rings (SSSR count). The van der Waals surface area contributed by atoms with Crippen LogP contribution in [-0.2, 0) is 15.1 Å². The Labute approximate surface area is 191 Å². The Morgan fingerprint density at radius 2 is 1.75 bits per heavy atom. The lowest BCUT2D eigenvalue weighted by Gasteiger charge is -2.23. The Hall–Kier alpha value is -3.26. The lowest BCUT2D eigenvalue weighted by atomic mass is 9.90. The maximum atomic E-state index is 13.1. The van der Waals surface area contributed by atoms with Gasteiger partial charge < -0.3 is 20.1 Å². The third-order valence-electron chi connectivity index (χ3n) is 5.48. The predicted molar refractivity (Wildman–Crippen MR) is 121 cm³/mol. The van der Waals surface area contributed by atoms with Crippen LogP contribution in [0.1, 0.15) is 37.8 Å². The average Bonchev–Trinajstić information content (AvgIpc) is 2.98. The van der Waals surface area contributed by atoms with Gasteiger partial charge in [0.15, 0.2) is 0 Å². The largest absolute Gasteiger partial charge is 0.495 e. The first-order valence-corrected chi connectivity index (χ1v) is 10.4. The molecule has 0 radical (unpaired) electrons. The number of benzene rings is 2. The predicted octanol–water partition coefficient (Wildman–Crippen LogP) is 3.89. The maximum Gasteiger partial charge on any atom is 0.325 e. The molecule has 1 heterocycles. The van der Waals surface area contributed by atoms with Crippen LogP contribution in [0.15, 0.2) is 36.4 Å². The van der Waals surface area contributed by atoms with E-state index in [1.54, 1.807) is 6.92 Å². The fourth-order valence-corrected chi connectivity index (χ4v) is 3.77. The van der Waals surface area contributed by atoms with E-state index >= 15 is 0 Å². The number of urea groups is 1. The second-order valence-corrected chi connectivity index (χ2v) is 8.37. The van der Waals surface area contributed by atoms with Gasteiger partial charge in [-0.05, 0) is 30.0 Å². The summed E-state index contributed by atoms with van der Waals surface area (Å²) in [7, 11) is 2.90. The molecule has 2 N–H and O–H groups in total. The van der Waals surface area contributed by atoms with Crippen molar-refractivity contribution in [3.63, 3.8) is 0 Å². The number of imide groups is 1. The summed E-state index contributed by atoms with van der Waals surface area (Å²) in [4.78, 5) is 39.2. The summed E-state index contributed by atoms with van der Waals surface area (Å²) in [6, 6.07) is 9.87. The van der Waals surface area contributed by atoms with Crippen molar-refractivity contribution in [3.8, 4) is 11.5 Å². The summed E-state index contributed by atoms with van der Waals surface area (Å²) in [6.45, 7) is 5.31. The minimum atomic E-state index is -1.26. The molecule has 8 nitrogen and oxygen atoms in total. The molecule has 0 aromatic heterocycles. The highest BCUT2D eigenvalue weighted by Crippen LogP contribution is 2.36. The van der Waals surface area contributed by atoms with Crippen LogP contribution in [0.2, 0.25) is 5.02 Å². The Bertz CT molecular complexity index is 1050. The second-order valence-electron chi connectivity index (χ2n) is 7.96. The molecule has 0 saturated carbocycles. The molecule has 170 valence electrons. The summed E-state index contributed by atoms with van der Waals surface area (Å²) in [6.07, 6.45) is 0. The van der Waals surface area contributed by atoms with Gasteiger partial charge in [0.1, 0.15) is 23.6 Å². The van der Waals surface area contributed by atoms with Gasteiger partial charge in [-0.15, -0.1) is 0 Å². The normalized spacial score (nSPS) is 18.0. The molecular weight excluding hydrogens is 434 g/mol. The highest BCUT2D eigenvalue weighted by molar-refractivity contribution is 6.32. The number of carbonyl (C=O) groups excluding carboxylic acids is 3. The number of carbonyl (C=O) groups is 3. The number of rotatable bonds is 7. The number of methoxy groups -OCH3 is 2. The van der Waals surface area contributed by atoms with Crippen LogP contribution in [-0.4, -0.2) is 43.5 Å². The number of anilines is 1. The number of hydrogen-bond acceptors (Lipinski definition) is 5. The van der Waals surface area contributed by atoms with Crippen LogP contribution < -0.4 is 20.1 Å². The summed E-state index contributed by atoms with van der Waals surface area (Å²) in [5.41, 5.74) is 0.806. The third-order valence-corrected chi connectivity index (χ3v) is 5.77. The number of ether oxygens (including phenoxy) is 2. The van der Waals surface area contributed by atoms with Crippen molar-refractivity contribution < 1.29 is 23.9 Å². The molecule has 2 aromatic carbocycles. The molecule has 1 unspecified atom stereocenters. The highest BCUT2D eigenvalue weighted by atomic mass is 35.5. The average molecular weight is 460 g/mol. The molecule has 1 aliphatic rings. The van der Waals surface area contributed by atoms with Gasteiger partial charge in [-0.2, -0.15) is 0 Å². The molecule has 1 atom stereocenters. The van der Waals surface area contributed by atoms with Crippen molar-refractivity contribution in [3.05, 3.63) is 52.5 Å². The van der Waals surface area contributed by atoms with Crippen LogP contribution in [0.4, 0.5) is 10.5 Å². The van der Waals surface area contributed by atoms with E-state index in [0.717, 1.165) is 10.5 Å². The number of hydrogen-bond donors (Lipinski definition) is 2. The van der Waals surface area contributed by atoms with Gasteiger partial charge in [0.2, 0.25) is 5.91 Å². The van der Waals surface area contributed by atoms with Crippen LogP contribution >= 0.6 is 11.6 Å². The summed E-state index contributed by atoms with van der Waals surface area (Å²) >= 11 is 6.13. The van der Waals surface area contributed by atoms with Gasteiger partial charge in [-0.25, -0.2) is 4.79 Å². The Kier molecular flexibility index (Phi) is 6.64. The number of nitrogens with zero attached hydrogens (tertiary/aromatic N) is 1. The van der Waals surface area contributed by atoms with Crippen molar-refractivity contribution >= 4 is 35.1 Å². The topological polar surface area (TPSA) is 97.0 Å². The van der Waals surface area contributed by atoms with Gasteiger partial charge >= 0.3 is 6.03 Å². The molecule has 1 saturated heterocycles. The van der Waals surface area contributed by atoms with Crippen LogP contribution in [0.5, 0.6) is 11.5 Å². The molecule has 0 spiro atoms. The smallest absolute Gasteiger partial charge is 0.325 e. The Morgan fingerprint density at radius 1 is 1.12 bits per heavy atom. The molecule has 1 fully saturated rings. The zero-order chi connectivity index (χ0) is 23.6. The quantitative estimate of drug-likeness (QED) is 0.612. The molecule has 0 bridgehead atoms. The monoisotopic (exact) mass is 459 g/mol. The molecular formula is C23H26ClN3O5. The van der Waals surface area contributed by atoms with Crippen molar-refractivity contribution in [2.45, 2.75) is 32.2 Å². The standard InChI is InChI=1S/C23H26ClN3O5/c1-13(2)14-6-8-15(9-7-14)23(3)21(29)27(22(30)26-23)12-20(28)25-17-10-16(24)18(31-4)11-19(17)32-5/h6-11,13H,12H2,1-5H3,(H,25,28)(H,26,30). The number of nitrogens with one attached hydrogen (secondary N) is 2. The van der Waals surface area contributed by atoms with E-state index in [9.17, 15) is 14.4 Å². The fraction of sp³-hybridized carbons (Fsp3) is 0.348. The van der Waals surface area contributed by atoms with E-state index < -0.39 is 29.9 Å². The van der Waals surface area contributed by atoms with Gasteiger partial charge in [0.05, 0.1) is 24.9 Å². The first kappa shape index (κ1) is 23.4. The fourth-order valence-electron chi connectivity index (χ4n) is 3.53. The van der Waals surface area contributed by atoms with E-state index in [0.29, 0.717) is 28.7 Å². The molecule has 9 heteroatoms. The van der Waals surface area contributed by atoms with Gasteiger partial charge in [0, 0.05) is 6.07 Å². The zero-order valence-electron chi connectivity index (χ0n) is 18.6. The van der Waals surface area contributed by atoms with Crippen molar-refractivity contribution in [1.82, 2.24) is 10.2 Å². The minimum absolute atomic E-state index is 0.274. The van der Waals surface area contributed by atoms with Crippen LogP contribution in [0, 0.1) is 0 Å². The van der Waals surface area contributed by atoms with E-state index in [1.807, 2.05) is 24.3 Å². The Balaban J connectivity index is 1.77. The van der Waals surface area contributed by atoms with Crippen molar-refractivity contribution in [1.29, 1.82) is 0 Å². The minimum Gasteiger partial charge on any atom is -0.495 e. The van der Waals surface area contributed by atoms with Crippen LogP contribution in [0.3, 0.4) is 0 Å². The summed E-state index contributed by atoms with van der Waals surface area (Å²) < 4.78 is 10.4.